The maximum Gasteiger partial charge on any atom is 0.269 e. The molecule has 0 saturated heterocycles. The lowest BCUT2D eigenvalue weighted by Crippen LogP contribution is -2.35. The first-order valence-electron chi connectivity index (χ1n) is 7.22. The van der Waals surface area contributed by atoms with E-state index in [9.17, 15) is 14.3 Å². The van der Waals surface area contributed by atoms with Crippen molar-refractivity contribution in [3.05, 3.63) is 59.2 Å². The number of halogens is 1. The molecule has 1 amide bonds. The fraction of sp³-hybridized carbons (Fsp3) is 0.235. The van der Waals surface area contributed by atoms with Gasteiger partial charge in [-0.1, -0.05) is 0 Å². The Morgan fingerprint density at radius 2 is 2.08 bits per heavy atom. The molecule has 1 atom stereocenters. The molecule has 24 heavy (non-hydrogen) atoms. The largest absolute Gasteiger partial charge is 0.491 e. The van der Waals surface area contributed by atoms with Gasteiger partial charge in [0.25, 0.3) is 5.91 Å². The number of aryl methyl sites for hydroxylation is 1. The summed E-state index contributed by atoms with van der Waals surface area (Å²) in [5.74, 6) is -0.407. The van der Waals surface area contributed by atoms with Gasteiger partial charge >= 0.3 is 0 Å². The monoisotopic (exact) mass is 329 g/mol. The van der Waals surface area contributed by atoms with E-state index in [1.54, 1.807) is 6.92 Å². The molecule has 0 radical (unpaired) electrons. The van der Waals surface area contributed by atoms with Gasteiger partial charge in [-0.3, -0.25) is 4.79 Å². The van der Waals surface area contributed by atoms with E-state index in [1.807, 2.05) is 6.07 Å². The van der Waals surface area contributed by atoms with Crippen LogP contribution in [0.4, 0.5) is 4.39 Å². The fourth-order valence-electron chi connectivity index (χ4n) is 1.89. The lowest BCUT2D eigenvalue weighted by atomic mass is 10.2. The number of nitrogens with one attached hydrogen (secondary N) is 1. The van der Waals surface area contributed by atoms with Crippen LogP contribution in [0, 0.1) is 24.1 Å². The van der Waals surface area contributed by atoms with Crippen molar-refractivity contribution in [1.82, 2.24) is 10.3 Å². The Labute approximate surface area is 138 Å². The van der Waals surface area contributed by atoms with E-state index >= 15 is 0 Å². The van der Waals surface area contributed by atoms with Crippen molar-refractivity contribution in [2.75, 3.05) is 13.2 Å². The number of amides is 1. The van der Waals surface area contributed by atoms with Gasteiger partial charge in [0.2, 0.25) is 0 Å². The zero-order valence-electron chi connectivity index (χ0n) is 13.0. The molecule has 0 aliphatic carbocycles. The SMILES string of the molecule is Cc1nc(C(=O)NCC(O)COc2ccc(F)cc2)ccc1C#N. The average molecular weight is 329 g/mol. The Kier molecular flexibility index (Phi) is 5.82. The van der Waals surface area contributed by atoms with Crippen molar-refractivity contribution in [3.8, 4) is 11.8 Å². The summed E-state index contributed by atoms with van der Waals surface area (Å²) < 4.78 is 18.0. The van der Waals surface area contributed by atoms with Gasteiger partial charge in [-0.05, 0) is 43.3 Å². The first-order chi connectivity index (χ1) is 11.5. The highest BCUT2D eigenvalue weighted by Crippen LogP contribution is 2.11. The molecule has 0 fully saturated rings. The first kappa shape index (κ1) is 17.4. The van der Waals surface area contributed by atoms with Gasteiger partial charge in [0, 0.05) is 6.54 Å². The quantitative estimate of drug-likeness (QED) is 0.839. The predicted molar refractivity (Wildman–Crippen MR) is 83.9 cm³/mol. The number of hydrogen-bond acceptors (Lipinski definition) is 5. The number of hydrogen-bond donors (Lipinski definition) is 2. The molecule has 0 aliphatic rings. The van der Waals surface area contributed by atoms with Crippen LogP contribution in [0.2, 0.25) is 0 Å². The minimum absolute atomic E-state index is 0.0270. The molecule has 2 N–H and O–H groups in total. The molecule has 0 spiro atoms. The number of pyridine rings is 1. The maximum atomic E-state index is 12.8. The molecule has 2 rings (SSSR count). The molecule has 124 valence electrons. The highest BCUT2D eigenvalue weighted by molar-refractivity contribution is 5.92. The van der Waals surface area contributed by atoms with Crippen molar-refractivity contribution in [2.24, 2.45) is 0 Å². The molecule has 6 nitrogen and oxygen atoms in total. The summed E-state index contributed by atoms with van der Waals surface area (Å²) in [5, 5.41) is 21.2. The molecular formula is C17H16FN3O3. The second-order valence-corrected chi connectivity index (χ2v) is 5.07. The average Bonchev–Trinajstić information content (AvgIpc) is 2.59. The number of ether oxygens (including phenoxy) is 1. The van der Waals surface area contributed by atoms with Gasteiger partial charge in [-0.15, -0.1) is 0 Å². The van der Waals surface area contributed by atoms with Gasteiger partial charge in [0.05, 0.1) is 11.3 Å². The highest BCUT2D eigenvalue weighted by Gasteiger charge is 2.12. The Morgan fingerprint density at radius 1 is 1.38 bits per heavy atom. The zero-order valence-corrected chi connectivity index (χ0v) is 13.0. The van der Waals surface area contributed by atoms with Crippen LogP contribution in [-0.4, -0.2) is 35.3 Å². The van der Waals surface area contributed by atoms with Gasteiger partial charge in [-0.25, -0.2) is 9.37 Å². The molecular weight excluding hydrogens is 313 g/mol. The molecule has 0 aliphatic heterocycles. The van der Waals surface area contributed by atoms with E-state index in [-0.39, 0.29) is 24.7 Å². The smallest absolute Gasteiger partial charge is 0.269 e. The van der Waals surface area contributed by atoms with E-state index in [4.69, 9.17) is 10.00 Å². The van der Waals surface area contributed by atoms with Crippen molar-refractivity contribution < 1.29 is 19.0 Å². The number of rotatable bonds is 6. The van der Waals surface area contributed by atoms with Crippen LogP contribution in [0.1, 0.15) is 21.7 Å². The van der Waals surface area contributed by atoms with Gasteiger partial charge < -0.3 is 15.2 Å². The number of benzene rings is 1. The van der Waals surface area contributed by atoms with Crippen molar-refractivity contribution in [1.29, 1.82) is 5.26 Å². The standard InChI is InChI=1S/C17H16FN3O3/c1-11-12(8-19)2-7-16(21-11)17(23)20-9-14(22)10-24-15-5-3-13(18)4-6-15/h2-7,14,22H,9-10H2,1H3,(H,20,23). The summed E-state index contributed by atoms with van der Waals surface area (Å²) in [4.78, 5) is 16.0. The Morgan fingerprint density at radius 3 is 2.71 bits per heavy atom. The third kappa shape index (κ3) is 4.76. The number of carbonyl (C=O) groups is 1. The second kappa shape index (κ2) is 8.04. The summed E-state index contributed by atoms with van der Waals surface area (Å²) >= 11 is 0. The lowest BCUT2D eigenvalue weighted by molar-refractivity contribution is 0.0839. The zero-order chi connectivity index (χ0) is 17.5. The third-order valence-electron chi connectivity index (χ3n) is 3.19. The van der Waals surface area contributed by atoms with E-state index in [1.165, 1.54) is 36.4 Å². The van der Waals surface area contributed by atoms with E-state index < -0.39 is 12.0 Å². The van der Waals surface area contributed by atoms with Crippen LogP contribution in [-0.2, 0) is 0 Å². The summed E-state index contributed by atoms with van der Waals surface area (Å²) in [5.41, 5.74) is 1.03. The van der Waals surface area contributed by atoms with Crippen LogP contribution in [0.5, 0.6) is 5.75 Å². The molecule has 1 heterocycles. The van der Waals surface area contributed by atoms with Gasteiger partial charge in [0.1, 0.15) is 36.0 Å². The number of aromatic nitrogens is 1. The number of carbonyl (C=O) groups excluding carboxylic acids is 1. The Hall–Kier alpha value is -2.98. The van der Waals surface area contributed by atoms with E-state index in [2.05, 4.69) is 10.3 Å². The normalized spacial score (nSPS) is 11.4. The van der Waals surface area contributed by atoms with Crippen LogP contribution in [0.15, 0.2) is 36.4 Å². The van der Waals surface area contributed by atoms with Crippen LogP contribution < -0.4 is 10.1 Å². The van der Waals surface area contributed by atoms with Crippen molar-refractivity contribution in [3.63, 3.8) is 0 Å². The van der Waals surface area contributed by atoms with Gasteiger partial charge in [0.15, 0.2) is 0 Å². The molecule has 7 heteroatoms. The number of aliphatic hydroxyl groups is 1. The summed E-state index contributed by atoms with van der Waals surface area (Å²) in [7, 11) is 0. The molecule has 1 aromatic carbocycles. The van der Waals surface area contributed by atoms with Crippen molar-refractivity contribution in [2.45, 2.75) is 13.0 Å². The predicted octanol–water partition coefficient (Wildman–Crippen LogP) is 1.57. The topological polar surface area (TPSA) is 95.2 Å². The minimum Gasteiger partial charge on any atom is -0.491 e. The summed E-state index contributed by atoms with van der Waals surface area (Å²) in [6.07, 6.45) is -0.932. The number of nitrogens with zero attached hydrogens (tertiary/aromatic N) is 2. The van der Waals surface area contributed by atoms with E-state index in [0.29, 0.717) is 17.0 Å². The second-order valence-electron chi connectivity index (χ2n) is 5.07. The molecule has 1 unspecified atom stereocenters. The fourth-order valence-corrected chi connectivity index (χ4v) is 1.89. The maximum absolute atomic E-state index is 12.8. The lowest BCUT2D eigenvalue weighted by Gasteiger charge is -2.13. The number of nitriles is 1. The van der Waals surface area contributed by atoms with E-state index in [0.717, 1.165) is 0 Å². The first-order valence-corrected chi connectivity index (χ1v) is 7.22. The molecule has 0 bridgehead atoms. The Bertz CT molecular complexity index is 757. The van der Waals surface area contributed by atoms with Gasteiger partial charge in [-0.2, -0.15) is 5.26 Å². The summed E-state index contributed by atoms with van der Waals surface area (Å²) in [6.45, 7) is 1.56. The minimum atomic E-state index is -0.932. The van der Waals surface area contributed by atoms with Crippen LogP contribution >= 0.6 is 0 Å². The third-order valence-corrected chi connectivity index (χ3v) is 3.19. The Balaban J connectivity index is 1.81. The molecule has 0 saturated carbocycles. The number of aliphatic hydroxyl groups excluding tert-OH is 1. The van der Waals surface area contributed by atoms with Crippen LogP contribution in [0.25, 0.3) is 0 Å². The van der Waals surface area contributed by atoms with Crippen molar-refractivity contribution >= 4 is 5.91 Å². The molecule has 2 aromatic rings. The highest BCUT2D eigenvalue weighted by atomic mass is 19.1. The summed E-state index contributed by atoms with van der Waals surface area (Å²) in [6, 6.07) is 10.3. The molecule has 1 aromatic heterocycles. The van der Waals surface area contributed by atoms with Crippen LogP contribution in [0.3, 0.4) is 0 Å².